The normalized spacial score (nSPS) is 11.1. The average molecular weight is 304 g/mol. The summed E-state index contributed by atoms with van der Waals surface area (Å²) in [4.78, 5) is 0. The van der Waals surface area contributed by atoms with Crippen molar-refractivity contribution in [3.05, 3.63) is 40.2 Å². The van der Waals surface area contributed by atoms with Crippen LogP contribution >= 0.6 is 11.8 Å². The number of thioether (sulfide) groups is 1. The summed E-state index contributed by atoms with van der Waals surface area (Å²) in [5.41, 5.74) is 11.1. The van der Waals surface area contributed by atoms with Crippen molar-refractivity contribution in [3.8, 4) is 0 Å². The van der Waals surface area contributed by atoms with Gasteiger partial charge in [-0.3, -0.25) is 0 Å². The van der Waals surface area contributed by atoms with Crippen LogP contribution in [0, 0.1) is 20.8 Å². The summed E-state index contributed by atoms with van der Waals surface area (Å²) >= 11 is 1.74. The van der Waals surface area contributed by atoms with Crippen LogP contribution in [0.4, 0.5) is 0 Å². The first kappa shape index (κ1) is 16.0. The molecule has 4 nitrogen and oxygen atoms in total. The Bertz CT molecular complexity index is 596. The van der Waals surface area contributed by atoms with Gasteiger partial charge >= 0.3 is 0 Å². The quantitative estimate of drug-likeness (QED) is 0.831. The Labute approximate surface area is 131 Å². The zero-order valence-electron chi connectivity index (χ0n) is 13.3. The summed E-state index contributed by atoms with van der Waals surface area (Å²) in [6, 6.07) is 4.48. The highest BCUT2D eigenvalue weighted by Crippen LogP contribution is 2.26. The fraction of sp³-hybridized carbons (Fsp3) is 0.500. The summed E-state index contributed by atoms with van der Waals surface area (Å²) in [7, 11) is 0. The SMILES string of the molecule is CCCn1c(CN)nnc1SCc1c(C)cc(C)cc1C. The van der Waals surface area contributed by atoms with Gasteiger partial charge in [-0.2, -0.15) is 0 Å². The minimum Gasteiger partial charge on any atom is -0.324 e. The van der Waals surface area contributed by atoms with Gasteiger partial charge in [-0.25, -0.2) is 0 Å². The highest BCUT2D eigenvalue weighted by atomic mass is 32.2. The molecule has 5 heteroatoms. The minimum atomic E-state index is 0.441. The second kappa shape index (κ2) is 7.09. The standard InChI is InChI=1S/C16H24N4S/c1-5-6-20-15(9-17)18-19-16(20)21-10-14-12(3)7-11(2)8-13(14)4/h7-8H,5-6,9-10,17H2,1-4H3. The molecule has 21 heavy (non-hydrogen) atoms. The molecule has 0 aliphatic heterocycles. The van der Waals surface area contributed by atoms with E-state index < -0.39 is 0 Å². The third-order valence-electron chi connectivity index (χ3n) is 3.61. The van der Waals surface area contributed by atoms with Crippen LogP contribution in [0.3, 0.4) is 0 Å². The minimum absolute atomic E-state index is 0.441. The van der Waals surface area contributed by atoms with Gasteiger partial charge in [0, 0.05) is 12.3 Å². The molecule has 0 amide bonds. The van der Waals surface area contributed by atoms with Crippen molar-refractivity contribution >= 4 is 11.8 Å². The van der Waals surface area contributed by atoms with E-state index in [0.717, 1.165) is 29.7 Å². The third-order valence-corrected chi connectivity index (χ3v) is 4.60. The van der Waals surface area contributed by atoms with E-state index in [1.807, 2.05) is 0 Å². The monoisotopic (exact) mass is 304 g/mol. The molecule has 2 rings (SSSR count). The van der Waals surface area contributed by atoms with Gasteiger partial charge in [0.1, 0.15) is 5.82 Å². The Hall–Kier alpha value is -1.33. The highest BCUT2D eigenvalue weighted by molar-refractivity contribution is 7.98. The lowest BCUT2D eigenvalue weighted by Crippen LogP contribution is -2.09. The predicted molar refractivity (Wildman–Crippen MR) is 88.4 cm³/mol. The fourth-order valence-corrected chi connectivity index (χ4v) is 3.78. The van der Waals surface area contributed by atoms with E-state index in [1.54, 1.807) is 11.8 Å². The Morgan fingerprint density at radius 1 is 1.14 bits per heavy atom. The number of nitrogens with two attached hydrogens (primary N) is 1. The zero-order valence-corrected chi connectivity index (χ0v) is 14.1. The molecular formula is C16H24N4S. The molecule has 0 unspecified atom stereocenters. The average Bonchev–Trinajstić information content (AvgIpc) is 2.80. The molecule has 0 aliphatic carbocycles. The molecule has 2 aromatic rings. The Balaban J connectivity index is 2.19. The molecule has 1 heterocycles. The van der Waals surface area contributed by atoms with E-state index >= 15 is 0 Å². The summed E-state index contributed by atoms with van der Waals surface area (Å²) in [5, 5.41) is 9.45. The van der Waals surface area contributed by atoms with E-state index in [1.165, 1.54) is 22.3 Å². The van der Waals surface area contributed by atoms with Gasteiger partial charge in [0.05, 0.1) is 6.54 Å². The molecular weight excluding hydrogens is 280 g/mol. The van der Waals surface area contributed by atoms with E-state index in [2.05, 4.69) is 54.6 Å². The number of rotatable bonds is 6. The van der Waals surface area contributed by atoms with Gasteiger partial charge in [-0.05, 0) is 43.9 Å². The molecule has 2 N–H and O–H groups in total. The van der Waals surface area contributed by atoms with E-state index in [-0.39, 0.29) is 0 Å². The molecule has 0 atom stereocenters. The first-order chi connectivity index (χ1) is 10.1. The number of hydrogen-bond donors (Lipinski definition) is 1. The van der Waals surface area contributed by atoms with Gasteiger partial charge < -0.3 is 10.3 Å². The Kier molecular flexibility index (Phi) is 5.42. The largest absolute Gasteiger partial charge is 0.324 e. The van der Waals surface area contributed by atoms with Crippen LogP contribution < -0.4 is 5.73 Å². The molecule has 114 valence electrons. The topological polar surface area (TPSA) is 56.7 Å². The van der Waals surface area contributed by atoms with Crippen LogP contribution in [0.2, 0.25) is 0 Å². The maximum atomic E-state index is 5.73. The summed E-state index contributed by atoms with van der Waals surface area (Å²) in [5.74, 6) is 1.79. The molecule has 1 aromatic carbocycles. The van der Waals surface area contributed by atoms with Crippen molar-refractivity contribution in [2.24, 2.45) is 5.73 Å². The molecule has 0 radical (unpaired) electrons. The van der Waals surface area contributed by atoms with E-state index in [0.29, 0.717) is 6.54 Å². The third kappa shape index (κ3) is 3.66. The maximum Gasteiger partial charge on any atom is 0.191 e. The molecule has 0 fully saturated rings. The van der Waals surface area contributed by atoms with Crippen molar-refractivity contribution in [3.63, 3.8) is 0 Å². The first-order valence-corrected chi connectivity index (χ1v) is 8.37. The molecule has 1 aromatic heterocycles. The van der Waals surface area contributed by atoms with Crippen molar-refractivity contribution in [1.29, 1.82) is 0 Å². The lowest BCUT2D eigenvalue weighted by atomic mass is 10.0. The smallest absolute Gasteiger partial charge is 0.191 e. The number of benzene rings is 1. The predicted octanol–water partition coefficient (Wildman–Crippen LogP) is 3.36. The van der Waals surface area contributed by atoms with Crippen molar-refractivity contribution in [2.45, 2.75) is 58.1 Å². The van der Waals surface area contributed by atoms with Crippen LogP contribution in [0.5, 0.6) is 0 Å². The number of aryl methyl sites for hydroxylation is 3. The molecule has 0 spiro atoms. The number of hydrogen-bond acceptors (Lipinski definition) is 4. The van der Waals surface area contributed by atoms with Gasteiger partial charge in [-0.1, -0.05) is 36.4 Å². The van der Waals surface area contributed by atoms with Crippen molar-refractivity contribution in [1.82, 2.24) is 14.8 Å². The maximum absolute atomic E-state index is 5.73. The Morgan fingerprint density at radius 3 is 2.38 bits per heavy atom. The number of nitrogens with zero attached hydrogens (tertiary/aromatic N) is 3. The van der Waals surface area contributed by atoms with Gasteiger partial charge in [0.25, 0.3) is 0 Å². The zero-order chi connectivity index (χ0) is 15.4. The first-order valence-electron chi connectivity index (χ1n) is 7.38. The van der Waals surface area contributed by atoms with Crippen LogP contribution in [0.25, 0.3) is 0 Å². The second-order valence-electron chi connectivity index (χ2n) is 5.42. The molecule has 0 bridgehead atoms. The number of aromatic nitrogens is 3. The van der Waals surface area contributed by atoms with Crippen LogP contribution in [0.1, 0.15) is 41.4 Å². The highest BCUT2D eigenvalue weighted by Gasteiger charge is 2.12. The van der Waals surface area contributed by atoms with Gasteiger partial charge in [-0.15, -0.1) is 10.2 Å². The molecule has 0 aliphatic rings. The van der Waals surface area contributed by atoms with Gasteiger partial charge in [0.2, 0.25) is 0 Å². The van der Waals surface area contributed by atoms with E-state index in [9.17, 15) is 0 Å². The Morgan fingerprint density at radius 2 is 1.81 bits per heavy atom. The van der Waals surface area contributed by atoms with Crippen molar-refractivity contribution < 1.29 is 0 Å². The summed E-state index contributed by atoms with van der Waals surface area (Å²) < 4.78 is 2.14. The fourth-order valence-electron chi connectivity index (χ4n) is 2.60. The second-order valence-corrected chi connectivity index (χ2v) is 6.36. The lowest BCUT2D eigenvalue weighted by molar-refractivity contribution is 0.592. The van der Waals surface area contributed by atoms with Crippen LogP contribution in [-0.4, -0.2) is 14.8 Å². The van der Waals surface area contributed by atoms with E-state index in [4.69, 9.17) is 5.73 Å². The van der Waals surface area contributed by atoms with Crippen molar-refractivity contribution in [2.75, 3.05) is 0 Å². The van der Waals surface area contributed by atoms with Gasteiger partial charge in [0.15, 0.2) is 5.16 Å². The lowest BCUT2D eigenvalue weighted by Gasteiger charge is -2.12. The molecule has 0 saturated heterocycles. The molecule has 0 saturated carbocycles. The van der Waals surface area contributed by atoms with Crippen LogP contribution in [0.15, 0.2) is 17.3 Å². The summed E-state index contributed by atoms with van der Waals surface area (Å²) in [6.07, 6.45) is 1.06. The van der Waals surface area contributed by atoms with Crippen LogP contribution in [-0.2, 0) is 18.8 Å². The summed E-state index contributed by atoms with van der Waals surface area (Å²) in [6.45, 7) is 10.0.